The van der Waals surface area contributed by atoms with E-state index in [1.807, 2.05) is 43.3 Å². The van der Waals surface area contributed by atoms with E-state index in [-0.39, 0.29) is 5.82 Å². The standard InChI is InChI=1S/C29H32FN5O2S/c1-20-9-15-25(16-10-20)38(36,37)32-19-22-13-11-21(12-14-22)18-31-29-34-27-8-3-2-7-26(27)28(35-29)33-24-6-4-5-23(30)17-24/h2-10,15-17,21-22,32H,11-14,18-19H2,1H3,(H2,31,33,34,35). The number of sulfonamides is 1. The molecule has 3 aromatic carbocycles. The van der Waals surface area contributed by atoms with E-state index in [2.05, 4.69) is 25.3 Å². The maximum absolute atomic E-state index is 13.7. The number of rotatable bonds is 9. The van der Waals surface area contributed by atoms with Gasteiger partial charge in [-0.1, -0.05) is 35.9 Å². The topological polar surface area (TPSA) is 96.0 Å². The molecule has 1 aliphatic carbocycles. The van der Waals surface area contributed by atoms with E-state index >= 15 is 0 Å². The molecule has 1 saturated carbocycles. The van der Waals surface area contributed by atoms with Crippen LogP contribution in [0.25, 0.3) is 10.9 Å². The second-order valence-electron chi connectivity index (χ2n) is 9.98. The predicted octanol–water partition coefficient (Wildman–Crippen LogP) is 6.02. The lowest BCUT2D eigenvalue weighted by Gasteiger charge is -2.28. The lowest BCUT2D eigenvalue weighted by molar-refractivity contribution is 0.284. The highest BCUT2D eigenvalue weighted by Crippen LogP contribution is 2.30. The van der Waals surface area contributed by atoms with Crippen molar-refractivity contribution >= 4 is 38.4 Å². The summed E-state index contributed by atoms with van der Waals surface area (Å²) in [5.74, 6) is 1.61. The molecule has 7 nitrogen and oxygen atoms in total. The van der Waals surface area contributed by atoms with Crippen LogP contribution >= 0.6 is 0 Å². The smallest absolute Gasteiger partial charge is 0.240 e. The van der Waals surface area contributed by atoms with Crippen molar-refractivity contribution in [2.75, 3.05) is 23.7 Å². The Morgan fingerprint density at radius 2 is 1.58 bits per heavy atom. The number of hydrogen-bond donors (Lipinski definition) is 3. The summed E-state index contributed by atoms with van der Waals surface area (Å²) < 4.78 is 41.7. The van der Waals surface area contributed by atoms with Crippen molar-refractivity contribution < 1.29 is 12.8 Å². The molecule has 0 unspecified atom stereocenters. The fraction of sp³-hybridized carbons (Fsp3) is 0.310. The average Bonchev–Trinajstić information content (AvgIpc) is 2.92. The zero-order valence-electron chi connectivity index (χ0n) is 21.3. The highest BCUT2D eigenvalue weighted by Gasteiger charge is 2.23. The normalized spacial score (nSPS) is 17.8. The third kappa shape index (κ3) is 6.46. The number of benzene rings is 3. The molecule has 1 fully saturated rings. The Balaban J connectivity index is 1.16. The molecule has 0 saturated heterocycles. The van der Waals surface area contributed by atoms with Gasteiger partial charge in [-0.05, 0) is 86.9 Å². The van der Waals surface area contributed by atoms with Crippen LogP contribution in [0, 0.1) is 24.6 Å². The van der Waals surface area contributed by atoms with Gasteiger partial charge in [0.05, 0.1) is 10.4 Å². The van der Waals surface area contributed by atoms with E-state index in [1.54, 1.807) is 24.3 Å². The first-order valence-electron chi connectivity index (χ1n) is 13.0. The van der Waals surface area contributed by atoms with Gasteiger partial charge in [-0.2, -0.15) is 4.98 Å². The first kappa shape index (κ1) is 26.1. The number of aromatic nitrogens is 2. The van der Waals surface area contributed by atoms with E-state index in [0.717, 1.165) is 48.7 Å². The molecule has 38 heavy (non-hydrogen) atoms. The summed E-state index contributed by atoms with van der Waals surface area (Å²) in [6.45, 7) is 3.13. The third-order valence-corrected chi connectivity index (χ3v) is 8.54. The molecule has 9 heteroatoms. The molecule has 0 amide bonds. The number of anilines is 3. The van der Waals surface area contributed by atoms with Gasteiger partial charge in [0, 0.05) is 24.2 Å². The molecule has 1 aromatic heterocycles. The molecule has 0 bridgehead atoms. The average molecular weight is 534 g/mol. The molecule has 4 aromatic rings. The van der Waals surface area contributed by atoms with Crippen molar-refractivity contribution in [2.45, 2.75) is 37.5 Å². The number of nitrogens with one attached hydrogen (secondary N) is 3. The summed E-state index contributed by atoms with van der Waals surface area (Å²) in [7, 11) is -3.49. The molecule has 198 valence electrons. The van der Waals surface area contributed by atoms with Crippen molar-refractivity contribution in [3.05, 3.63) is 84.2 Å². The lowest BCUT2D eigenvalue weighted by atomic mass is 9.82. The summed E-state index contributed by atoms with van der Waals surface area (Å²) in [6.07, 6.45) is 3.94. The molecular formula is C29H32FN5O2S. The van der Waals surface area contributed by atoms with Crippen LogP contribution in [0.2, 0.25) is 0 Å². The van der Waals surface area contributed by atoms with Crippen LogP contribution in [0.4, 0.5) is 21.8 Å². The largest absolute Gasteiger partial charge is 0.354 e. The Hall–Kier alpha value is -3.56. The number of halogens is 1. The molecule has 0 aliphatic heterocycles. The summed E-state index contributed by atoms with van der Waals surface area (Å²) in [5, 5.41) is 7.48. The van der Waals surface area contributed by atoms with Gasteiger partial charge in [-0.25, -0.2) is 22.5 Å². The number of para-hydroxylation sites is 1. The Morgan fingerprint density at radius 3 is 2.32 bits per heavy atom. The van der Waals surface area contributed by atoms with E-state index in [9.17, 15) is 12.8 Å². The van der Waals surface area contributed by atoms with Gasteiger partial charge < -0.3 is 10.6 Å². The number of aryl methyl sites for hydroxylation is 1. The van der Waals surface area contributed by atoms with Gasteiger partial charge in [-0.15, -0.1) is 0 Å². The number of hydrogen-bond acceptors (Lipinski definition) is 6. The number of nitrogens with zero attached hydrogens (tertiary/aromatic N) is 2. The minimum absolute atomic E-state index is 0.308. The first-order chi connectivity index (χ1) is 18.4. The Bertz CT molecular complexity index is 1500. The predicted molar refractivity (Wildman–Crippen MR) is 150 cm³/mol. The Morgan fingerprint density at radius 1 is 0.868 bits per heavy atom. The van der Waals surface area contributed by atoms with Crippen LogP contribution in [0.5, 0.6) is 0 Å². The molecule has 0 atom stereocenters. The van der Waals surface area contributed by atoms with Gasteiger partial charge in [0.1, 0.15) is 11.6 Å². The Labute approximate surface area is 223 Å². The van der Waals surface area contributed by atoms with E-state index < -0.39 is 10.0 Å². The van der Waals surface area contributed by atoms with Crippen molar-refractivity contribution in [3.8, 4) is 0 Å². The molecule has 0 spiro atoms. The van der Waals surface area contributed by atoms with Crippen LogP contribution in [0.3, 0.4) is 0 Å². The second kappa shape index (κ2) is 11.4. The van der Waals surface area contributed by atoms with Gasteiger partial charge in [0.15, 0.2) is 0 Å². The molecule has 0 radical (unpaired) electrons. The monoisotopic (exact) mass is 533 g/mol. The fourth-order valence-electron chi connectivity index (χ4n) is 4.86. The van der Waals surface area contributed by atoms with Crippen LogP contribution in [0.1, 0.15) is 31.2 Å². The minimum atomic E-state index is -3.49. The molecule has 1 aliphatic rings. The van der Waals surface area contributed by atoms with Crippen molar-refractivity contribution in [1.82, 2.24) is 14.7 Å². The molecule has 5 rings (SSSR count). The SMILES string of the molecule is Cc1ccc(S(=O)(=O)NCC2CCC(CNc3nc(Nc4cccc(F)c4)c4ccccc4n3)CC2)cc1. The zero-order chi connectivity index (χ0) is 26.5. The van der Waals surface area contributed by atoms with Crippen molar-refractivity contribution in [2.24, 2.45) is 11.8 Å². The second-order valence-corrected chi connectivity index (χ2v) is 11.7. The van der Waals surface area contributed by atoms with Crippen LogP contribution in [0.15, 0.2) is 77.7 Å². The highest BCUT2D eigenvalue weighted by molar-refractivity contribution is 7.89. The van der Waals surface area contributed by atoms with Crippen molar-refractivity contribution in [1.29, 1.82) is 0 Å². The van der Waals surface area contributed by atoms with Crippen LogP contribution in [-0.4, -0.2) is 31.5 Å². The molecule has 1 heterocycles. The van der Waals surface area contributed by atoms with Gasteiger partial charge >= 0.3 is 0 Å². The zero-order valence-corrected chi connectivity index (χ0v) is 22.1. The van der Waals surface area contributed by atoms with E-state index in [4.69, 9.17) is 0 Å². The third-order valence-electron chi connectivity index (χ3n) is 7.10. The van der Waals surface area contributed by atoms with E-state index in [1.165, 1.54) is 12.1 Å². The maximum Gasteiger partial charge on any atom is 0.240 e. The molecular weight excluding hydrogens is 501 g/mol. The first-order valence-corrected chi connectivity index (χ1v) is 14.4. The summed E-state index contributed by atoms with van der Waals surface area (Å²) in [5.41, 5.74) is 2.45. The minimum Gasteiger partial charge on any atom is -0.354 e. The quantitative estimate of drug-likeness (QED) is 0.244. The van der Waals surface area contributed by atoms with Gasteiger partial charge in [0.25, 0.3) is 0 Å². The van der Waals surface area contributed by atoms with Gasteiger partial charge in [0.2, 0.25) is 16.0 Å². The van der Waals surface area contributed by atoms with Crippen LogP contribution < -0.4 is 15.4 Å². The maximum atomic E-state index is 13.7. The summed E-state index contributed by atoms with van der Waals surface area (Å²) in [4.78, 5) is 9.66. The van der Waals surface area contributed by atoms with Crippen LogP contribution in [-0.2, 0) is 10.0 Å². The molecule has 3 N–H and O–H groups in total. The van der Waals surface area contributed by atoms with E-state index in [0.29, 0.717) is 40.7 Å². The number of fused-ring (bicyclic) bond motifs is 1. The summed E-state index contributed by atoms with van der Waals surface area (Å²) >= 11 is 0. The van der Waals surface area contributed by atoms with Gasteiger partial charge in [-0.3, -0.25) is 0 Å². The Kier molecular flexibility index (Phi) is 7.85. The summed E-state index contributed by atoms with van der Waals surface area (Å²) in [6, 6.07) is 20.9. The highest BCUT2D eigenvalue weighted by atomic mass is 32.2. The lowest BCUT2D eigenvalue weighted by Crippen LogP contribution is -2.32. The van der Waals surface area contributed by atoms with Crippen molar-refractivity contribution in [3.63, 3.8) is 0 Å². The fourth-order valence-corrected chi connectivity index (χ4v) is 5.97.